The topological polar surface area (TPSA) is 131 Å². The van der Waals surface area contributed by atoms with Crippen molar-refractivity contribution < 1.29 is 22.8 Å². The van der Waals surface area contributed by atoms with Gasteiger partial charge in [0.05, 0.1) is 16.4 Å². The molecule has 4 aromatic rings. The molecule has 11 nitrogen and oxygen atoms in total. The van der Waals surface area contributed by atoms with Crippen LogP contribution in [0, 0.1) is 13.8 Å². The van der Waals surface area contributed by atoms with Crippen LogP contribution in [0.1, 0.15) is 61.1 Å². The van der Waals surface area contributed by atoms with Crippen LogP contribution in [0.15, 0.2) is 11.4 Å². The van der Waals surface area contributed by atoms with Crippen LogP contribution in [0.2, 0.25) is 0 Å². The van der Waals surface area contributed by atoms with Crippen LogP contribution in [0.5, 0.6) is 0 Å². The number of hydrogen-bond acceptors (Lipinski definition) is 10. The third-order valence-corrected chi connectivity index (χ3v) is 7.59. The summed E-state index contributed by atoms with van der Waals surface area (Å²) in [6, 6.07) is 1.79. The van der Waals surface area contributed by atoms with Gasteiger partial charge < -0.3 is 4.90 Å². The Morgan fingerprint density at radius 2 is 1.86 bits per heavy atom. The van der Waals surface area contributed by atoms with Gasteiger partial charge in [-0.2, -0.15) is 18.3 Å². The first kappa shape index (κ1) is 24.2. The van der Waals surface area contributed by atoms with Gasteiger partial charge in [0.25, 0.3) is 11.8 Å². The molecule has 1 aliphatic rings. The summed E-state index contributed by atoms with van der Waals surface area (Å²) in [5, 5.41) is 22.2. The molecule has 0 aromatic carbocycles. The zero-order valence-corrected chi connectivity index (χ0v) is 20.5. The number of carbonyl (C=O) groups is 2. The number of halogens is 3. The summed E-state index contributed by atoms with van der Waals surface area (Å²) in [5.74, 6) is -0.835. The number of nitrogens with zero attached hydrogens (tertiary/aromatic N) is 8. The van der Waals surface area contributed by atoms with Crippen LogP contribution in [0.3, 0.4) is 0 Å². The van der Waals surface area contributed by atoms with Crippen LogP contribution in [0.25, 0.3) is 5.65 Å². The highest BCUT2D eigenvalue weighted by molar-refractivity contribution is 7.15. The lowest BCUT2D eigenvalue weighted by atomic mass is 9.97. The van der Waals surface area contributed by atoms with Crippen molar-refractivity contribution in [3.63, 3.8) is 0 Å². The Kier molecular flexibility index (Phi) is 6.15. The van der Waals surface area contributed by atoms with Crippen LogP contribution >= 0.6 is 22.7 Å². The Morgan fingerprint density at radius 1 is 1.11 bits per heavy atom. The molecule has 188 valence electrons. The predicted molar refractivity (Wildman–Crippen MR) is 123 cm³/mol. The highest BCUT2D eigenvalue weighted by atomic mass is 32.1. The van der Waals surface area contributed by atoms with Crippen molar-refractivity contribution in [3.8, 4) is 0 Å². The number of aromatic nitrogens is 7. The van der Waals surface area contributed by atoms with E-state index in [1.165, 1.54) is 11.3 Å². The minimum Gasteiger partial charge on any atom is -0.337 e. The molecule has 5 heterocycles. The lowest BCUT2D eigenvalue weighted by molar-refractivity contribution is -0.138. The van der Waals surface area contributed by atoms with E-state index in [0.29, 0.717) is 37.3 Å². The normalized spacial score (nSPS) is 15.0. The molecule has 4 aromatic heterocycles. The fourth-order valence-electron chi connectivity index (χ4n) is 3.88. The maximum atomic E-state index is 13.1. The number of aryl methyl sites for hydroxylation is 2. The van der Waals surface area contributed by atoms with Gasteiger partial charge in [-0.3, -0.25) is 14.9 Å². The quantitative estimate of drug-likeness (QED) is 0.419. The van der Waals surface area contributed by atoms with E-state index in [0.717, 1.165) is 10.7 Å². The van der Waals surface area contributed by atoms with Crippen molar-refractivity contribution in [1.82, 2.24) is 39.9 Å². The van der Waals surface area contributed by atoms with Crippen LogP contribution in [-0.4, -0.2) is 64.8 Å². The van der Waals surface area contributed by atoms with E-state index in [4.69, 9.17) is 0 Å². The monoisotopic (exact) mass is 537 g/mol. The molecule has 0 unspecified atom stereocenters. The molecule has 5 rings (SSSR count). The second-order valence-corrected chi connectivity index (χ2v) is 10.1. The second kappa shape index (κ2) is 9.16. The molecule has 1 aliphatic heterocycles. The fourth-order valence-corrected chi connectivity index (χ4v) is 5.46. The number of amides is 2. The number of rotatable bonds is 4. The number of fused-ring (bicyclic) bond motifs is 1. The maximum Gasteiger partial charge on any atom is 0.445 e. The number of carbonyl (C=O) groups excluding carboxylic acids is 2. The number of likely N-dealkylation sites (tertiary alicyclic amines) is 1. The highest BCUT2D eigenvalue weighted by Gasteiger charge is 2.36. The smallest absolute Gasteiger partial charge is 0.337 e. The predicted octanol–water partition coefficient (Wildman–Crippen LogP) is 3.34. The molecule has 0 bridgehead atoms. The Balaban J connectivity index is 1.21. The first-order chi connectivity index (χ1) is 17.1. The van der Waals surface area contributed by atoms with E-state index >= 15 is 0 Å². The first-order valence-electron chi connectivity index (χ1n) is 10.8. The average Bonchev–Trinajstić information content (AvgIpc) is 3.58. The summed E-state index contributed by atoms with van der Waals surface area (Å²) in [4.78, 5) is 31.6. The lowest BCUT2D eigenvalue weighted by Crippen LogP contribution is -2.39. The number of alkyl halides is 3. The number of thiazole rings is 1. The van der Waals surface area contributed by atoms with E-state index in [1.54, 1.807) is 27.8 Å². The van der Waals surface area contributed by atoms with E-state index in [-0.39, 0.29) is 39.7 Å². The molecular formula is C20H18F3N9O2S2. The Hall–Kier alpha value is -3.53. The van der Waals surface area contributed by atoms with Gasteiger partial charge >= 0.3 is 6.18 Å². The minimum absolute atomic E-state index is 0.0439. The molecule has 1 fully saturated rings. The van der Waals surface area contributed by atoms with Crippen molar-refractivity contribution in [2.24, 2.45) is 0 Å². The molecule has 0 radical (unpaired) electrons. The van der Waals surface area contributed by atoms with Crippen molar-refractivity contribution >= 4 is 45.3 Å². The molecule has 0 saturated carbocycles. The van der Waals surface area contributed by atoms with E-state index in [2.05, 4.69) is 35.8 Å². The second-order valence-electron chi connectivity index (χ2n) is 8.19. The summed E-state index contributed by atoms with van der Waals surface area (Å²) in [7, 11) is 0. The zero-order chi connectivity index (χ0) is 25.6. The van der Waals surface area contributed by atoms with Gasteiger partial charge in [0.15, 0.2) is 11.3 Å². The molecule has 36 heavy (non-hydrogen) atoms. The summed E-state index contributed by atoms with van der Waals surface area (Å²) in [6.07, 6.45) is -3.34. The molecule has 16 heteroatoms. The number of anilines is 1. The number of nitrogens with one attached hydrogen (secondary N) is 1. The molecular weight excluding hydrogens is 519 g/mol. The van der Waals surface area contributed by atoms with Crippen molar-refractivity contribution in [2.75, 3.05) is 18.4 Å². The Labute approximate surface area is 209 Å². The number of hydrogen-bond donors (Lipinski definition) is 1. The van der Waals surface area contributed by atoms with Gasteiger partial charge in [-0.1, -0.05) is 11.3 Å². The summed E-state index contributed by atoms with van der Waals surface area (Å²) >= 11 is 1.54. The van der Waals surface area contributed by atoms with E-state index < -0.39 is 17.1 Å². The minimum atomic E-state index is -4.62. The molecule has 1 N–H and O–H groups in total. The fraction of sp³-hybridized carbons (Fsp3) is 0.400. The molecule has 0 atom stereocenters. The van der Waals surface area contributed by atoms with E-state index in [9.17, 15) is 22.8 Å². The van der Waals surface area contributed by atoms with Crippen LogP contribution in [0.4, 0.5) is 18.3 Å². The average molecular weight is 538 g/mol. The molecule has 0 spiro atoms. The summed E-state index contributed by atoms with van der Waals surface area (Å²) < 4.78 is 39.6. The maximum absolute atomic E-state index is 13.1. The first-order valence-corrected chi connectivity index (χ1v) is 12.5. The van der Waals surface area contributed by atoms with Crippen molar-refractivity contribution in [1.29, 1.82) is 0 Å². The zero-order valence-electron chi connectivity index (χ0n) is 18.9. The van der Waals surface area contributed by atoms with Gasteiger partial charge in [0.1, 0.15) is 5.69 Å². The van der Waals surface area contributed by atoms with Gasteiger partial charge in [-0.15, -0.1) is 31.7 Å². The number of piperidine rings is 1. The van der Waals surface area contributed by atoms with Crippen molar-refractivity contribution in [3.05, 3.63) is 44.2 Å². The third kappa shape index (κ3) is 4.65. The van der Waals surface area contributed by atoms with Crippen LogP contribution < -0.4 is 5.32 Å². The molecule has 1 saturated heterocycles. The summed E-state index contributed by atoms with van der Waals surface area (Å²) in [6.45, 7) is 4.58. The van der Waals surface area contributed by atoms with Gasteiger partial charge in [-0.05, 0) is 26.7 Å². The van der Waals surface area contributed by atoms with Gasteiger partial charge in [0, 0.05) is 30.5 Å². The van der Waals surface area contributed by atoms with E-state index in [1.807, 2.05) is 6.92 Å². The lowest BCUT2D eigenvalue weighted by Gasteiger charge is -2.31. The Bertz CT molecular complexity index is 1450. The van der Waals surface area contributed by atoms with Crippen molar-refractivity contribution in [2.45, 2.75) is 38.8 Å². The largest absolute Gasteiger partial charge is 0.445 e. The summed E-state index contributed by atoms with van der Waals surface area (Å²) in [5.41, 5.74) is 2.32. The van der Waals surface area contributed by atoms with Gasteiger partial charge in [0.2, 0.25) is 10.1 Å². The SMILES string of the molecule is Cc1cc2nnc(C(=O)N3CCC(c4nc(C(=O)Nc5nnc(C(F)(F)F)s5)cs4)CC3)c(C)n2n1. The third-order valence-electron chi connectivity index (χ3n) is 5.70. The molecule has 2 amide bonds. The van der Waals surface area contributed by atoms with Gasteiger partial charge in [-0.25, -0.2) is 9.50 Å². The molecule has 0 aliphatic carbocycles. The Morgan fingerprint density at radius 3 is 2.56 bits per heavy atom. The highest BCUT2D eigenvalue weighted by Crippen LogP contribution is 2.34. The van der Waals surface area contributed by atoms with Crippen LogP contribution in [-0.2, 0) is 6.18 Å². The standard InChI is InChI=1S/C20H18F3N9O2S2/c1-9-7-13-26-27-14(10(2)32(13)30-9)17(34)31-5-3-11(4-6-31)16-24-12(8-35-16)15(33)25-19-29-28-18(36-19)20(21,22)23/h7-8,11H,3-6H2,1-2H3,(H,25,29,33).